The number of hydrogen-bond acceptors (Lipinski definition) is 3. The fourth-order valence-corrected chi connectivity index (χ4v) is 0.693. The van der Waals surface area contributed by atoms with Crippen molar-refractivity contribution in [3.8, 4) is 0 Å². The van der Waals surface area contributed by atoms with Gasteiger partial charge in [-0.25, -0.2) is 4.79 Å². The summed E-state index contributed by atoms with van der Waals surface area (Å²) in [7, 11) is -0.772. The van der Waals surface area contributed by atoms with E-state index in [2.05, 4.69) is 4.52 Å². The normalized spacial score (nSPS) is 9.78. The van der Waals surface area contributed by atoms with E-state index in [1.807, 2.05) is 0 Å². The van der Waals surface area contributed by atoms with E-state index in [-0.39, 0.29) is 41.5 Å². The Bertz CT molecular complexity index is 100. The molecule has 0 rings (SSSR count). The van der Waals surface area contributed by atoms with Crippen LogP contribution in [0.5, 0.6) is 0 Å². The van der Waals surface area contributed by atoms with Crippen LogP contribution in [0.4, 0.5) is 0 Å². The molecule has 0 amide bonds. The van der Waals surface area contributed by atoms with Gasteiger partial charge in [0.1, 0.15) is 0 Å². The molecule has 3 nitrogen and oxygen atoms in total. The molecular weight excluding hydrogens is 150 g/mol. The molecule has 0 aromatic carbocycles. The molecule has 5 heteroatoms. The van der Waals surface area contributed by atoms with Crippen molar-refractivity contribution in [3.05, 3.63) is 0 Å². The molecule has 0 fully saturated rings. The molecule has 0 saturated heterocycles. The minimum Gasteiger partial charge on any atom is -0.237 e. The largest absolute Gasteiger partial charge is 0.587 e. The second-order valence-electron chi connectivity index (χ2n) is 1.19. The molecule has 0 aliphatic rings. The Morgan fingerprint density at radius 2 is 2.11 bits per heavy atom. The Balaban J connectivity index is 0. The van der Waals surface area contributed by atoms with Gasteiger partial charge in [0, 0.05) is 29.6 Å². The van der Waals surface area contributed by atoms with E-state index in [0.717, 1.165) is 0 Å². The SMILES string of the molecule is CCC(=O)[P+](=O)OC.[Na]. The molecule has 9 heavy (non-hydrogen) atoms. The zero-order chi connectivity index (χ0) is 6.57. The monoisotopic (exact) mass is 158 g/mol. The Kier molecular flexibility index (Phi) is 9.44. The van der Waals surface area contributed by atoms with E-state index in [9.17, 15) is 9.36 Å². The van der Waals surface area contributed by atoms with Crippen molar-refractivity contribution in [2.45, 2.75) is 13.3 Å². The summed E-state index contributed by atoms with van der Waals surface area (Å²) in [6.45, 7) is 1.65. The van der Waals surface area contributed by atoms with Gasteiger partial charge in [-0.05, 0) is 4.57 Å². The van der Waals surface area contributed by atoms with Crippen molar-refractivity contribution in [2.24, 2.45) is 0 Å². The van der Waals surface area contributed by atoms with E-state index in [0.29, 0.717) is 0 Å². The molecule has 0 aliphatic heterocycles. The van der Waals surface area contributed by atoms with Crippen molar-refractivity contribution in [1.82, 2.24) is 0 Å². The van der Waals surface area contributed by atoms with E-state index >= 15 is 0 Å². The summed E-state index contributed by atoms with van der Waals surface area (Å²) < 4.78 is 14.6. The molecule has 0 spiro atoms. The summed E-state index contributed by atoms with van der Waals surface area (Å²) in [5, 5.41) is 0. The average molecular weight is 158 g/mol. The third-order valence-electron chi connectivity index (χ3n) is 0.672. The summed E-state index contributed by atoms with van der Waals surface area (Å²) in [5.41, 5.74) is -0.331. The fraction of sp³-hybridized carbons (Fsp3) is 0.750. The maximum Gasteiger partial charge on any atom is 0.587 e. The van der Waals surface area contributed by atoms with Gasteiger partial charge in [-0.15, -0.1) is 4.52 Å². The molecule has 0 saturated carbocycles. The molecule has 47 valence electrons. The average Bonchev–Trinajstić information content (AvgIpc) is 1.84. The predicted octanol–water partition coefficient (Wildman–Crippen LogP) is 0.931. The molecule has 0 bridgehead atoms. The Morgan fingerprint density at radius 1 is 1.67 bits per heavy atom. The van der Waals surface area contributed by atoms with Crippen LogP contribution < -0.4 is 0 Å². The minimum atomic E-state index is -2.03. The fourth-order valence-electron chi connectivity index (χ4n) is 0.231. The summed E-state index contributed by atoms with van der Waals surface area (Å²) in [6.07, 6.45) is 0.281. The summed E-state index contributed by atoms with van der Waals surface area (Å²) in [4.78, 5) is 10.3. The first kappa shape index (κ1) is 12.4. The van der Waals surface area contributed by atoms with Gasteiger partial charge in [-0.1, -0.05) is 6.92 Å². The first-order chi connectivity index (χ1) is 3.72. The van der Waals surface area contributed by atoms with Gasteiger partial charge in [0.15, 0.2) is 0 Å². The van der Waals surface area contributed by atoms with Gasteiger partial charge in [0.05, 0.1) is 13.5 Å². The molecule has 0 heterocycles. The molecule has 0 aliphatic carbocycles. The number of hydrogen-bond donors (Lipinski definition) is 0. The first-order valence-corrected chi connectivity index (χ1v) is 3.44. The molecule has 1 unspecified atom stereocenters. The molecule has 1 atom stereocenters. The van der Waals surface area contributed by atoms with Gasteiger partial charge in [-0.2, -0.15) is 0 Å². The maximum absolute atomic E-state index is 10.3. The quantitative estimate of drug-likeness (QED) is 0.453. The molecule has 0 aromatic heterocycles. The van der Waals surface area contributed by atoms with Crippen LogP contribution >= 0.6 is 8.03 Å². The summed E-state index contributed by atoms with van der Waals surface area (Å²) in [5.74, 6) is 0. The van der Waals surface area contributed by atoms with Crippen LogP contribution in [0, 0.1) is 0 Å². The molecule has 0 aromatic rings. The standard InChI is InChI=1S/C4H8O3P.Na/c1-3-4(5)8(6)7-2;/h3H2,1-2H3;/q+1;. The van der Waals surface area contributed by atoms with Gasteiger partial charge >= 0.3 is 13.6 Å². The van der Waals surface area contributed by atoms with E-state index in [4.69, 9.17) is 0 Å². The smallest absolute Gasteiger partial charge is 0.237 e. The number of rotatable bonds is 3. The van der Waals surface area contributed by atoms with Gasteiger partial charge in [0.25, 0.3) is 0 Å². The number of carbonyl (C=O) groups is 1. The van der Waals surface area contributed by atoms with Crippen LogP contribution in [0.15, 0.2) is 0 Å². The topological polar surface area (TPSA) is 43.4 Å². The Morgan fingerprint density at radius 3 is 2.22 bits per heavy atom. The van der Waals surface area contributed by atoms with Crippen LogP contribution in [-0.2, 0) is 13.9 Å². The Labute approximate surface area is 77.3 Å². The first-order valence-electron chi connectivity index (χ1n) is 2.26. The number of carbonyl (C=O) groups excluding carboxylic acids is 1. The third kappa shape index (κ3) is 5.19. The predicted molar refractivity (Wildman–Crippen MR) is 35.7 cm³/mol. The van der Waals surface area contributed by atoms with E-state index in [1.165, 1.54) is 7.11 Å². The van der Waals surface area contributed by atoms with Crippen molar-refractivity contribution in [1.29, 1.82) is 0 Å². The maximum atomic E-state index is 10.3. The van der Waals surface area contributed by atoms with Crippen LogP contribution in [0.1, 0.15) is 13.3 Å². The zero-order valence-electron chi connectivity index (χ0n) is 5.88. The van der Waals surface area contributed by atoms with Gasteiger partial charge < -0.3 is 0 Å². The van der Waals surface area contributed by atoms with E-state index < -0.39 is 8.03 Å². The van der Waals surface area contributed by atoms with Gasteiger partial charge in [0.2, 0.25) is 0 Å². The molecule has 1 radical (unpaired) electrons. The molecule has 0 N–H and O–H groups in total. The second kappa shape index (κ2) is 6.84. The van der Waals surface area contributed by atoms with Crippen LogP contribution in [0.2, 0.25) is 0 Å². The minimum absolute atomic E-state index is 0. The van der Waals surface area contributed by atoms with Crippen LogP contribution in [0.25, 0.3) is 0 Å². The Hall–Kier alpha value is 0.730. The van der Waals surface area contributed by atoms with Gasteiger partial charge in [-0.3, -0.25) is 0 Å². The van der Waals surface area contributed by atoms with Crippen LogP contribution in [-0.4, -0.2) is 42.2 Å². The second-order valence-corrected chi connectivity index (χ2v) is 2.57. The molecular formula is C4H8NaO3P+. The van der Waals surface area contributed by atoms with Crippen molar-refractivity contribution >= 4 is 43.1 Å². The van der Waals surface area contributed by atoms with E-state index in [1.54, 1.807) is 6.92 Å². The van der Waals surface area contributed by atoms with Crippen molar-refractivity contribution < 1.29 is 13.9 Å². The summed E-state index contributed by atoms with van der Waals surface area (Å²) >= 11 is 0. The van der Waals surface area contributed by atoms with Crippen molar-refractivity contribution in [3.63, 3.8) is 0 Å². The summed E-state index contributed by atoms with van der Waals surface area (Å²) in [6, 6.07) is 0. The van der Waals surface area contributed by atoms with Crippen molar-refractivity contribution in [2.75, 3.05) is 7.11 Å². The third-order valence-corrected chi connectivity index (χ3v) is 1.73. The van der Waals surface area contributed by atoms with Crippen LogP contribution in [0.3, 0.4) is 0 Å². The zero-order valence-corrected chi connectivity index (χ0v) is 8.77.